The lowest BCUT2D eigenvalue weighted by Crippen LogP contribution is -2.30. The lowest BCUT2D eigenvalue weighted by atomic mass is 10.1. The second-order valence-electron chi connectivity index (χ2n) is 10.00. The van der Waals surface area contributed by atoms with Crippen molar-refractivity contribution in [3.8, 4) is 0 Å². The van der Waals surface area contributed by atoms with Gasteiger partial charge in [-0.15, -0.1) is 0 Å². The van der Waals surface area contributed by atoms with Crippen molar-refractivity contribution in [2.75, 3.05) is 12.0 Å². The number of nitrogens with zero attached hydrogens (tertiary/aromatic N) is 2. The van der Waals surface area contributed by atoms with Crippen LogP contribution in [0.5, 0.6) is 0 Å². The third-order valence-electron chi connectivity index (χ3n) is 7.03. The number of benzene rings is 3. The van der Waals surface area contributed by atoms with E-state index >= 15 is 0 Å². The molecule has 220 valence electrons. The lowest BCUT2D eigenvalue weighted by Gasteiger charge is -2.22. The summed E-state index contributed by atoms with van der Waals surface area (Å²) >= 11 is 6.00. The number of sulfonamides is 1. The number of methoxy groups -OCH3 is 1. The highest BCUT2D eigenvalue weighted by Crippen LogP contribution is 2.36. The van der Waals surface area contributed by atoms with Crippen LogP contribution in [0.1, 0.15) is 29.6 Å². The Balaban J connectivity index is 1.49. The van der Waals surface area contributed by atoms with Crippen molar-refractivity contribution in [1.29, 1.82) is 0 Å². The van der Waals surface area contributed by atoms with Crippen LogP contribution in [0.15, 0.2) is 117 Å². The van der Waals surface area contributed by atoms with Gasteiger partial charge in [0, 0.05) is 29.0 Å². The number of rotatable bonds is 9. The van der Waals surface area contributed by atoms with Gasteiger partial charge in [-0.05, 0) is 67.9 Å². The van der Waals surface area contributed by atoms with Crippen molar-refractivity contribution >= 4 is 45.1 Å². The summed E-state index contributed by atoms with van der Waals surface area (Å²) in [7, 11) is -2.70. The number of aryl methyl sites for hydroxylation is 1. The van der Waals surface area contributed by atoms with Crippen LogP contribution >= 0.6 is 11.6 Å². The number of hydrogen-bond donors (Lipinski definition) is 0. The van der Waals surface area contributed by atoms with E-state index in [0.29, 0.717) is 27.9 Å². The van der Waals surface area contributed by atoms with Crippen LogP contribution in [0, 0.1) is 6.92 Å². The molecule has 3 aromatic carbocycles. The van der Waals surface area contributed by atoms with E-state index in [4.69, 9.17) is 20.8 Å². The molecule has 0 fully saturated rings. The van der Waals surface area contributed by atoms with E-state index in [1.165, 1.54) is 35.7 Å². The molecule has 1 aliphatic rings. The van der Waals surface area contributed by atoms with E-state index in [9.17, 15) is 18.0 Å². The summed E-state index contributed by atoms with van der Waals surface area (Å²) in [5.74, 6) is -0.547. The number of Topliss-reactive ketones (excluding diaryl/α,β-unsaturated/α-hetero) is 1. The van der Waals surface area contributed by atoms with Crippen molar-refractivity contribution in [3.05, 3.63) is 136 Å². The van der Waals surface area contributed by atoms with E-state index in [2.05, 4.69) is 0 Å². The topological polar surface area (TPSA) is 97.1 Å². The molecule has 0 unspecified atom stereocenters. The number of allylic oxidation sites excluding steroid dienone is 2. The maximum absolute atomic E-state index is 13.7. The van der Waals surface area contributed by atoms with E-state index in [-0.39, 0.29) is 29.3 Å². The molecule has 0 radical (unpaired) electrons. The molecule has 0 atom stereocenters. The quantitative estimate of drug-likeness (QED) is 0.120. The third kappa shape index (κ3) is 6.34. The molecule has 43 heavy (non-hydrogen) atoms. The Hall–Kier alpha value is -4.44. The van der Waals surface area contributed by atoms with Crippen LogP contribution in [-0.2, 0) is 37.4 Å². The molecule has 0 N–H and O–H groups in total. The number of carbonyl (C=O) groups is 2. The van der Waals surface area contributed by atoms with Crippen molar-refractivity contribution in [1.82, 2.24) is 4.31 Å². The minimum absolute atomic E-state index is 0.0656. The summed E-state index contributed by atoms with van der Waals surface area (Å²) < 4.78 is 39.7. The Bertz CT molecular complexity index is 1830. The fraction of sp³-hybridized carbons (Fsp3) is 0.152. The number of ether oxygens (including phenoxy) is 1. The molecule has 0 saturated carbocycles. The average Bonchev–Trinajstić information content (AvgIpc) is 3.54. The molecule has 1 aliphatic heterocycles. The second-order valence-corrected chi connectivity index (χ2v) is 12.4. The van der Waals surface area contributed by atoms with Crippen molar-refractivity contribution in [2.24, 2.45) is 0 Å². The maximum Gasteiger partial charge on any atom is 0.343 e. The summed E-state index contributed by atoms with van der Waals surface area (Å²) in [4.78, 5) is 27.8. The van der Waals surface area contributed by atoms with Crippen LogP contribution in [0.4, 0.5) is 5.69 Å². The van der Waals surface area contributed by atoms with Crippen LogP contribution in [0.2, 0.25) is 5.02 Å². The number of halogens is 1. The smallest absolute Gasteiger partial charge is 0.343 e. The van der Waals surface area contributed by atoms with Gasteiger partial charge in [-0.2, -0.15) is 4.31 Å². The first-order valence-electron chi connectivity index (χ1n) is 13.4. The highest BCUT2D eigenvalue weighted by molar-refractivity contribution is 7.89. The van der Waals surface area contributed by atoms with Gasteiger partial charge in [0.1, 0.15) is 17.1 Å². The fourth-order valence-electron chi connectivity index (χ4n) is 4.82. The highest BCUT2D eigenvalue weighted by Gasteiger charge is 2.38. The van der Waals surface area contributed by atoms with Gasteiger partial charge < -0.3 is 14.1 Å². The van der Waals surface area contributed by atoms with Gasteiger partial charge in [-0.25, -0.2) is 13.2 Å². The standard InChI is InChI=1S/C33H29ClN2O6S/c1-22-9-13-26(14-10-22)36-23(2)31(33(38)41-3)32(37)30(36)19-27-15-16-28(42-27)21-35(20-24-7-5-4-6-8-24)43(39,40)29-17-11-25(34)12-18-29/h4-19H,20-21H2,1-3H3/b30-19+. The number of ketones is 1. The monoisotopic (exact) mass is 616 g/mol. The predicted octanol–water partition coefficient (Wildman–Crippen LogP) is 6.51. The molecule has 8 nitrogen and oxygen atoms in total. The van der Waals surface area contributed by atoms with Crippen molar-refractivity contribution in [2.45, 2.75) is 31.8 Å². The highest BCUT2D eigenvalue weighted by atomic mass is 35.5. The normalized spacial score (nSPS) is 14.7. The predicted molar refractivity (Wildman–Crippen MR) is 164 cm³/mol. The molecule has 0 bridgehead atoms. The Morgan fingerprint density at radius 3 is 2.26 bits per heavy atom. The minimum Gasteiger partial charge on any atom is -0.465 e. The molecule has 2 heterocycles. The summed E-state index contributed by atoms with van der Waals surface area (Å²) in [5.41, 5.74) is 3.11. The van der Waals surface area contributed by atoms with Gasteiger partial charge in [-0.3, -0.25) is 4.79 Å². The molecule has 5 rings (SSSR count). The SMILES string of the molecule is COC(=O)C1=C(C)N(c2ccc(C)cc2)/C(=C/c2ccc(CN(Cc3ccccc3)S(=O)(=O)c3ccc(Cl)cc3)o2)C1=O. The first-order valence-corrected chi connectivity index (χ1v) is 15.2. The molecule has 0 aliphatic carbocycles. The Morgan fingerprint density at radius 2 is 1.60 bits per heavy atom. The first kappa shape index (κ1) is 30.0. The fourth-order valence-corrected chi connectivity index (χ4v) is 6.34. The van der Waals surface area contributed by atoms with Gasteiger partial charge in [0.25, 0.3) is 0 Å². The lowest BCUT2D eigenvalue weighted by molar-refractivity contribution is -0.137. The number of furan rings is 1. The van der Waals surface area contributed by atoms with Gasteiger partial charge in [0.05, 0.1) is 24.2 Å². The zero-order chi connectivity index (χ0) is 30.7. The summed E-state index contributed by atoms with van der Waals surface area (Å²) in [5, 5.41) is 0.429. The molecular formula is C33H29ClN2O6S. The maximum atomic E-state index is 13.7. The van der Waals surface area contributed by atoms with Gasteiger partial charge in [0.15, 0.2) is 0 Å². The molecule has 0 amide bonds. The zero-order valence-corrected chi connectivity index (χ0v) is 25.4. The first-order chi connectivity index (χ1) is 20.6. The van der Waals surface area contributed by atoms with Gasteiger partial charge in [-0.1, -0.05) is 59.6 Å². The van der Waals surface area contributed by atoms with E-state index in [1.807, 2.05) is 61.5 Å². The van der Waals surface area contributed by atoms with Crippen LogP contribution in [0.3, 0.4) is 0 Å². The van der Waals surface area contributed by atoms with Gasteiger partial charge >= 0.3 is 5.97 Å². The van der Waals surface area contributed by atoms with Crippen LogP contribution in [-0.4, -0.2) is 31.6 Å². The largest absolute Gasteiger partial charge is 0.465 e. The zero-order valence-electron chi connectivity index (χ0n) is 23.8. The average molecular weight is 617 g/mol. The van der Waals surface area contributed by atoms with Crippen LogP contribution in [0.25, 0.3) is 6.08 Å². The summed E-state index contributed by atoms with van der Waals surface area (Å²) in [6.07, 6.45) is 1.54. The van der Waals surface area contributed by atoms with E-state index < -0.39 is 21.8 Å². The van der Waals surface area contributed by atoms with Gasteiger partial charge in [0.2, 0.25) is 15.8 Å². The second kappa shape index (κ2) is 12.4. The molecule has 0 saturated heterocycles. The third-order valence-corrected chi connectivity index (χ3v) is 9.08. The Labute approximate surface area is 255 Å². The van der Waals surface area contributed by atoms with E-state index in [1.54, 1.807) is 30.0 Å². The number of carbonyl (C=O) groups excluding carboxylic acids is 2. The Kier molecular flexibility index (Phi) is 8.68. The Morgan fingerprint density at radius 1 is 0.930 bits per heavy atom. The minimum atomic E-state index is -3.93. The van der Waals surface area contributed by atoms with Crippen molar-refractivity contribution < 1.29 is 27.2 Å². The molecule has 10 heteroatoms. The summed E-state index contributed by atoms with van der Waals surface area (Å²) in [6.45, 7) is 3.68. The number of anilines is 1. The number of hydrogen-bond acceptors (Lipinski definition) is 7. The number of esters is 1. The molecule has 4 aromatic rings. The summed E-state index contributed by atoms with van der Waals surface area (Å²) in [6, 6.07) is 26.1. The van der Waals surface area contributed by atoms with E-state index in [0.717, 1.165) is 11.1 Å². The molecular weight excluding hydrogens is 588 g/mol. The molecule has 1 aromatic heterocycles. The van der Waals surface area contributed by atoms with Crippen molar-refractivity contribution in [3.63, 3.8) is 0 Å². The van der Waals surface area contributed by atoms with Crippen LogP contribution < -0.4 is 4.90 Å². The molecule has 0 spiro atoms.